The molecule has 1 N–H and O–H groups in total. The molecule has 0 bridgehead atoms. The van der Waals surface area contributed by atoms with E-state index in [1.807, 2.05) is 13.8 Å². The largest absolute Gasteiger partial charge is 0.281 e. The zero-order chi connectivity index (χ0) is 12.1. The summed E-state index contributed by atoms with van der Waals surface area (Å²) >= 11 is 0. The maximum atomic E-state index is 13.1. The summed E-state index contributed by atoms with van der Waals surface area (Å²) in [7, 11) is -3.40. The molecule has 1 rings (SSSR count). The molecule has 0 saturated heterocycles. The van der Waals surface area contributed by atoms with Crippen LogP contribution in [0.4, 0.5) is 10.1 Å². The van der Waals surface area contributed by atoms with Crippen LogP contribution in [0, 0.1) is 12.7 Å². The summed E-state index contributed by atoms with van der Waals surface area (Å²) in [6.45, 7) is 5.73. The lowest BCUT2D eigenvalue weighted by Crippen LogP contribution is -2.10. The van der Waals surface area contributed by atoms with E-state index in [-0.39, 0.29) is 5.69 Å². The highest BCUT2D eigenvalue weighted by molar-refractivity contribution is 7.92. The van der Waals surface area contributed by atoms with Gasteiger partial charge in [-0.2, -0.15) is 0 Å². The molecule has 1 aromatic rings. The summed E-state index contributed by atoms with van der Waals surface area (Å²) in [4.78, 5) is 0. The second kappa shape index (κ2) is 5.70. The van der Waals surface area contributed by atoms with Crippen LogP contribution in [0.1, 0.15) is 19.4 Å². The summed E-state index contributed by atoms with van der Waals surface area (Å²) in [5, 5.41) is 0. The van der Waals surface area contributed by atoms with E-state index in [4.69, 9.17) is 0 Å². The Bertz CT molecular complexity index is 415. The molecule has 0 saturated carbocycles. The van der Waals surface area contributed by atoms with Gasteiger partial charge in [0.1, 0.15) is 5.82 Å². The number of nitrogens with one attached hydrogen (secondary N) is 1. The molecule has 1 aromatic carbocycles. The predicted octanol–water partition coefficient (Wildman–Crippen LogP) is 2.53. The number of benzene rings is 1. The van der Waals surface area contributed by atoms with Gasteiger partial charge in [0.15, 0.2) is 0 Å². The molecule has 0 amide bonds. The molecule has 0 aliphatic carbocycles. The van der Waals surface area contributed by atoms with E-state index in [0.29, 0.717) is 0 Å². The summed E-state index contributed by atoms with van der Waals surface area (Å²) in [6.07, 6.45) is 0.978. The molecule has 0 fully saturated rings. The second-order valence-electron chi connectivity index (χ2n) is 2.86. The van der Waals surface area contributed by atoms with E-state index < -0.39 is 15.8 Å². The van der Waals surface area contributed by atoms with E-state index in [1.54, 1.807) is 13.0 Å². The molecule has 0 aromatic heterocycles. The molecule has 0 atom stereocenters. The van der Waals surface area contributed by atoms with E-state index in [0.717, 1.165) is 11.8 Å². The Labute approximate surface area is 90.4 Å². The Hall–Kier alpha value is -1.10. The summed E-state index contributed by atoms with van der Waals surface area (Å²) in [6, 6.07) is 4.30. The highest BCUT2D eigenvalue weighted by atomic mass is 32.2. The van der Waals surface area contributed by atoms with Crippen molar-refractivity contribution in [1.82, 2.24) is 0 Å². The van der Waals surface area contributed by atoms with Crippen LogP contribution >= 0.6 is 0 Å². The Morgan fingerprint density at radius 1 is 1.27 bits per heavy atom. The van der Waals surface area contributed by atoms with Gasteiger partial charge in [0.2, 0.25) is 10.0 Å². The molecule has 3 nitrogen and oxygen atoms in total. The van der Waals surface area contributed by atoms with E-state index >= 15 is 0 Å². The molecular weight excluding hydrogens is 217 g/mol. The SMILES string of the molecule is CC.Cc1ccc(NS(C)(=O)=O)c(F)c1. The summed E-state index contributed by atoms with van der Waals surface area (Å²) in [5.74, 6) is -0.564. The Morgan fingerprint density at radius 3 is 2.20 bits per heavy atom. The maximum Gasteiger partial charge on any atom is 0.229 e. The molecular formula is C10H16FNO2S. The van der Waals surface area contributed by atoms with Crippen LogP contribution in [0.15, 0.2) is 18.2 Å². The third-order valence-electron chi connectivity index (χ3n) is 1.42. The van der Waals surface area contributed by atoms with Gasteiger partial charge in [-0.3, -0.25) is 4.72 Å². The Kier molecular flexibility index (Phi) is 5.28. The minimum absolute atomic E-state index is 0.0203. The Balaban J connectivity index is 0.000000921. The first-order chi connectivity index (χ1) is 6.88. The number of rotatable bonds is 2. The standard InChI is InChI=1S/C8H10FNO2S.C2H6/c1-6-3-4-8(7(9)5-6)10-13(2,11)12;1-2/h3-5,10H,1-2H3;1-2H3. The third-order valence-corrected chi connectivity index (χ3v) is 2.01. The molecule has 0 radical (unpaired) electrons. The number of aryl methyl sites for hydroxylation is 1. The van der Waals surface area contributed by atoms with Gasteiger partial charge in [0.25, 0.3) is 0 Å². The fourth-order valence-corrected chi connectivity index (χ4v) is 1.47. The van der Waals surface area contributed by atoms with Crippen molar-refractivity contribution in [2.75, 3.05) is 11.0 Å². The van der Waals surface area contributed by atoms with Gasteiger partial charge in [-0.25, -0.2) is 12.8 Å². The molecule has 86 valence electrons. The lowest BCUT2D eigenvalue weighted by molar-refractivity contribution is 0.603. The normalized spacial score (nSPS) is 10.2. The molecule has 0 heterocycles. The minimum Gasteiger partial charge on any atom is -0.281 e. The Morgan fingerprint density at radius 2 is 1.80 bits per heavy atom. The predicted molar refractivity (Wildman–Crippen MR) is 61.0 cm³/mol. The van der Waals surface area contributed by atoms with Crippen LogP contribution in [0.3, 0.4) is 0 Å². The monoisotopic (exact) mass is 233 g/mol. The number of sulfonamides is 1. The van der Waals surface area contributed by atoms with Crippen molar-refractivity contribution in [1.29, 1.82) is 0 Å². The maximum absolute atomic E-state index is 13.1. The van der Waals surface area contributed by atoms with Gasteiger partial charge in [-0.1, -0.05) is 19.9 Å². The van der Waals surface area contributed by atoms with Gasteiger partial charge in [0, 0.05) is 0 Å². The van der Waals surface area contributed by atoms with Crippen LogP contribution < -0.4 is 4.72 Å². The first-order valence-corrected chi connectivity index (χ1v) is 6.51. The fourth-order valence-electron chi connectivity index (χ4n) is 0.903. The number of anilines is 1. The third kappa shape index (κ3) is 5.37. The van der Waals surface area contributed by atoms with Crippen molar-refractivity contribution >= 4 is 15.7 Å². The van der Waals surface area contributed by atoms with Crippen molar-refractivity contribution < 1.29 is 12.8 Å². The quantitative estimate of drug-likeness (QED) is 0.853. The van der Waals surface area contributed by atoms with Crippen molar-refractivity contribution in [2.45, 2.75) is 20.8 Å². The van der Waals surface area contributed by atoms with Gasteiger partial charge in [0.05, 0.1) is 11.9 Å². The first kappa shape index (κ1) is 13.9. The zero-order valence-electron chi connectivity index (χ0n) is 9.33. The van der Waals surface area contributed by atoms with E-state index in [9.17, 15) is 12.8 Å². The minimum atomic E-state index is -3.40. The lowest BCUT2D eigenvalue weighted by atomic mass is 10.2. The molecule has 0 unspecified atom stereocenters. The average Bonchev–Trinajstić information content (AvgIpc) is 2.12. The van der Waals surface area contributed by atoms with Crippen LogP contribution in [0.5, 0.6) is 0 Å². The number of hydrogen-bond donors (Lipinski definition) is 1. The fraction of sp³-hybridized carbons (Fsp3) is 0.400. The summed E-state index contributed by atoms with van der Waals surface area (Å²) in [5.41, 5.74) is 0.727. The van der Waals surface area contributed by atoms with Crippen molar-refractivity contribution in [3.63, 3.8) is 0 Å². The van der Waals surface area contributed by atoms with E-state index in [2.05, 4.69) is 4.72 Å². The topological polar surface area (TPSA) is 46.2 Å². The highest BCUT2D eigenvalue weighted by Crippen LogP contribution is 2.15. The zero-order valence-corrected chi connectivity index (χ0v) is 10.2. The van der Waals surface area contributed by atoms with Crippen molar-refractivity contribution in [3.8, 4) is 0 Å². The van der Waals surface area contributed by atoms with Gasteiger partial charge in [-0.05, 0) is 24.6 Å². The molecule has 0 spiro atoms. The van der Waals surface area contributed by atoms with Crippen LogP contribution in [-0.4, -0.2) is 14.7 Å². The van der Waals surface area contributed by atoms with Gasteiger partial charge >= 0.3 is 0 Å². The van der Waals surface area contributed by atoms with Crippen LogP contribution in [-0.2, 0) is 10.0 Å². The highest BCUT2D eigenvalue weighted by Gasteiger charge is 2.06. The molecule has 15 heavy (non-hydrogen) atoms. The molecule has 0 aliphatic rings. The van der Waals surface area contributed by atoms with Crippen molar-refractivity contribution in [3.05, 3.63) is 29.6 Å². The number of halogens is 1. The van der Waals surface area contributed by atoms with Gasteiger partial charge in [-0.15, -0.1) is 0 Å². The van der Waals surface area contributed by atoms with Crippen LogP contribution in [0.25, 0.3) is 0 Å². The second-order valence-corrected chi connectivity index (χ2v) is 4.61. The molecule has 0 aliphatic heterocycles. The average molecular weight is 233 g/mol. The van der Waals surface area contributed by atoms with Gasteiger partial charge < -0.3 is 0 Å². The lowest BCUT2D eigenvalue weighted by Gasteiger charge is -2.04. The van der Waals surface area contributed by atoms with Crippen LogP contribution in [0.2, 0.25) is 0 Å². The first-order valence-electron chi connectivity index (χ1n) is 4.62. The smallest absolute Gasteiger partial charge is 0.229 e. The van der Waals surface area contributed by atoms with Crippen molar-refractivity contribution in [2.24, 2.45) is 0 Å². The molecule has 5 heteroatoms. The summed E-state index contributed by atoms with van der Waals surface area (Å²) < 4.78 is 36.6. The number of hydrogen-bond acceptors (Lipinski definition) is 2. The van der Waals surface area contributed by atoms with E-state index in [1.165, 1.54) is 12.1 Å².